The summed E-state index contributed by atoms with van der Waals surface area (Å²) in [5.41, 5.74) is 1.15. The SMILES string of the molecule is Cc1nc2c(s1)C(N(C)C(=O)[C@@H]1CC[C@H](C(=O)O)C1)CCC2. The highest BCUT2D eigenvalue weighted by Crippen LogP contribution is 2.40. The summed E-state index contributed by atoms with van der Waals surface area (Å²) in [5.74, 6) is -1.15. The third-order valence-electron chi connectivity index (χ3n) is 4.97. The Morgan fingerprint density at radius 1 is 1.27 bits per heavy atom. The number of nitrogens with zero attached hydrogens (tertiary/aromatic N) is 2. The van der Waals surface area contributed by atoms with Gasteiger partial charge in [0.15, 0.2) is 0 Å². The van der Waals surface area contributed by atoms with Crippen LogP contribution in [0.15, 0.2) is 0 Å². The van der Waals surface area contributed by atoms with Crippen LogP contribution in [0.2, 0.25) is 0 Å². The van der Waals surface area contributed by atoms with E-state index in [2.05, 4.69) is 4.98 Å². The first-order valence-electron chi connectivity index (χ1n) is 7.93. The Morgan fingerprint density at radius 2 is 2.00 bits per heavy atom. The number of aromatic nitrogens is 1. The topological polar surface area (TPSA) is 70.5 Å². The van der Waals surface area contributed by atoms with E-state index in [1.807, 2.05) is 18.9 Å². The van der Waals surface area contributed by atoms with Crippen molar-refractivity contribution in [3.63, 3.8) is 0 Å². The fraction of sp³-hybridized carbons (Fsp3) is 0.688. The zero-order chi connectivity index (χ0) is 15.9. The third kappa shape index (κ3) is 2.76. The lowest BCUT2D eigenvalue weighted by Gasteiger charge is -2.32. The van der Waals surface area contributed by atoms with Gasteiger partial charge in [0.1, 0.15) is 0 Å². The lowest BCUT2D eigenvalue weighted by Crippen LogP contribution is -2.36. The molecule has 0 spiro atoms. The largest absolute Gasteiger partial charge is 0.481 e. The minimum Gasteiger partial charge on any atom is -0.481 e. The van der Waals surface area contributed by atoms with Crippen LogP contribution in [0.4, 0.5) is 0 Å². The van der Waals surface area contributed by atoms with Crippen molar-refractivity contribution in [3.8, 4) is 0 Å². The molecule has 1 unspecified atom stereocenters. The zero-order valence-corrected chi connectivity index (χ0v) is 13.9. The lowest BCUT2D eigenvalue weighted by molar-refractivity contribution is -0.141. The van der Waals surface area contributed by atoms with E-state index in [0.717, 1.165) is 30.0 Å². The van der Waals surface area contributed by atoms with Gasteiger partial charge in [0.25, 0.3) is 0 Å². The number of carbonyl (C=O) groups excluding carboxylic acids is 1. The summed E-state index contributed by atoms with van der Waals surface area (Å²) < 4.78 is 0. The van der Waals surface area contributed by atoms with Gasteiger partial charge in [-0.1, -0.05) is 0 Å². The summed E-state index contributed by atoms with van der Waals surface area (Å²) in [5, 5.41) is 10.2. The molecule has 5 nitrogen and oxygen atoms in total. The molecule has 0 bridgehead atoms. The second kappa shape index (κ2) is 5.99. The van der Waals surface area contributed by atoms with Gasteiger partial charge in [0, 0.05) is 13.0 Å². The van der Waals surface area contributed by atoms with Crippen molar-refractivity contribution in [2.24, 2.45) is 11.8 Å². The summed E-state index contributed by atoms with van der Waals surface area (Å²) in [6, 6.07) is 0.117. The van der Waals surface area contributed by atoms with E-state index in [-0.39, 0.29) is 23.8 Å². The van der Waals surface area contributed by atoms with E-state index in [4.69, 9.17) is 5.11 Å². The Bertz CT molecular complexity index is 598. The van der Waals surface area contributed by atoms with Crippen molar-refractivity contribution >= 4 is 23.2 Å². The minimum atomic E-state index is -0.768. The number of fused-ring (bicyclic) bond motifs is 1. The van der Waals surface area contributed by atoms with Crippen molar-refractivity contribution < 1.29 is 14.7 Å². The predicted octanol–water partition coefficient (Wildman–Crippen LogP) is 2.79. The Kier molecular flexibility index (Phi) is 4.21. The number of carboxylic acids is 1. The van der Waals surface area contributed by atoms with Crippen LogP contribution in [0, 0.1) is 18.8 Å². The molecule has 2 aliphatic rings. The lowest BCUT2D eigenvalue weighted by atomic mass is 9.95. The monoisotopic (exact) mass is 322 g/mol. The van der Waals surface area contributed by atoms with Crippen molar-refractivity contribution in [2.75, 3.05) is 7.05 Å². The molecule has 1 N–H and O–H groups in total. The number of aryl methyl sites for hydroxylation is 2. The van der Waals surface area contributed by atoms with Gasteiger partial charge < -0.3 is 10.0 Å². The summed E-state index contributed by atoms with van der Waals surface area (Å²) in [4.78, 5) is 31.5. The van der Waals surface area contributed by atoms with E-state index in [0.29, 0.717) is 19.3 Å². The fourth-order valence-electron chi connectivity index (χ4n) is 3.76. The molecular formula is C16H22N2O3S. The number of rotatable bonds is 3. The molecular weight excluding hydrogens is 300 g/mol. The van der Waals surface area contributed by atoms with Gasteiger partial charge in [-0.15, -0.1) is 11.3 Å². The maximum absolute atomic E-state index is 12.7. The number of carbonyl (C=O) groups is 2. The van der Waals surface area contributed by atoms with Gasteiger partial charge in [-0.25, -0.2) is 4.98 Å². The smallest absolute Gasteiger partial charge is 0.306 e. The van der Waals surface area contributed by atoms with E-state index >= 15 is 0 Å². The number of aliphatic carboxylic acids is 1. The van der Waals surface area contributed by atoms with Gasteiger partial charge >= 0.3 is 5.97 Å². The van der Waals surface area contributed by atoms with Crippen LogP contribution in [0.3, 0.4) is 0 Å². The summed E-state index contributed by atoms with van der Waals surface area (Å²) in [7, 11) is 1.87. The van der Waals surface area contributed by atoms with Crippen molar-refractivity contribution in [2.45, 2.75) is 51.5 Å². The van der Waals surface area contributed by atoms with Crippen LogP contribution in [-0.4, -0.2) is 33.9 Å². The van der Waals surface area contributed by atoms with Crippen molar-refractivity contribution in [3.05, 3.63) is 15.6 Å². The van der Waals surface area contributed by atoms with Crippen LogP contribution >= 0.6 is 11.3 Å². The average Bonchev–Trinajstić information content (AvgIpc) is 3.10. The number of hydrogen-bond donors (Lipinski definition) is 1. The molecule has 1 aromatic rings. The fourth-order valence-corrected chi connectivity index (χ4v) is 4.91. The maximum atomic E-state index is 12.7. The van der Waals surface area contributed by atoms with Crippen molar-refractivity contribution in [1.29, 1.82) is 0 Å². The number of hydrogen-bond acceptors (Lipinski definition) is 4. The molecule has 1 fully saturated rings. The predicted molar refractivity (Wildman–Crippen MR) is 83.8 cm³/mol. The summed E-state index contributed by atoms with van der Waals surface area (Å²) in [6.45, 7) is 2.01. The maximum Gasteiger partial charge on any atom is 0.306 e. The Morgan fingerprint density at radius 3 is 2.68 bits per heavy atom. The first-order valence-corrected chi connectivity index (χ1v) is 8.74. The quantitative estimate of drug-likeness (QED) is 0.929. The molecule has 0 aromatic carbocycles. The van der Waals surface area contributed by atoms with Crippen LogP contribution in [0.1, 0.15) is 53.7 Å². The second-order valence-corrected chi connectivity index (χ2v) is 7.68. The van der Waals surface area contributed by atoms with E-state index in [9.17, 15) is 9.59 Å². The molecule has 1 aromatic heterocycles. The molecule has 0 radical (unpaired) electrons. The molecule has 1 heterocycles. The number of amides is 1. The van der Waals surface area contributed by atoms with Gasteiger partial charge in [-0.05, 0) is 45.4 Å². The third-order valence-corrected chi connectivity index (χ3v) is 6.09. The molecule has 0 saturated heterocycles. The molecule has 0 aliphatic heterocycles. The standard InChI is InChI=1S/C16H22N2O3S/c1-9-17-12-4-3-5-13(14(12)22-9)18(2)15(19)10-6-7-11(8-10)16(20)21/h10-11,13H,3-8H2,1-2H3,(H,20,21)/t10-,11+,13?/m1/s1. The molecule has 3 atom stereocenters. The van der Waals surface area contributed by atoms with Crippen LogP contribution in [0.5, 0.6) is 0 Å². The molecule has 1 saturated carbocycles. The molecule has 22 heavy (non-hydrogen) atoms. The van der Waals surface area contributed by atoms with Crippen LogP contribution < -0.4 is 0 Å². The highest BCUT2D eigenvalue weighted by molar-refractivity contribution is 7.11. The van der Waals surface area contributed by atoms with Crippen LogP contribution in [-0.2, 0) is 16.0 Å². The second-order valence-electron chi connectivity index (χ2n) is 6.45. The number of thiazole rings is 1. The first kappa shape index (κ1) is 15.5. The Labute approximate surface area is 134 Å². The highest BCUT2D eigenvalue weighted by atomic mass is 32.1. The van der Waals surface area contributed by atoms with Crippen LogP contribution in [0.25, 0.3) is 0 Å². The molecule has 2 aliphatic carbocycles. The molecule has 3 rings (SSSR count). The van der Waals surface area contributed by atoms with E-state index in [1.165, 1.54) is 4.88 Å². The normalized spacial score (nSPS) is 27.5. The Balaban J connectivity index is 1.73. The average molecular weight is 322 g/mol. The summed E-state index contributed by atoms with van der Waals surface area (Å²) in [6.07, 6.45) is 4.84. The van der Waals surface area contributed by atoms with Crippen molar-refractivity contribution in [1.82, 2.24) is 9.88 Å². The van der Waals surface area contributed by atoms with Gasteiger partial charge in [-0.2, -0.15) is 0 Å². The number of carboxylic acid groups (broad SMARTS) is 1. The molecule has 1 amide bonds. The minimum absolute atomic E-state index is 0.104. The van der Waals surface area contributed by atoms with E-state index < -0.39 is 5.97 Å². The van der Waals surface area contributed by atoms with E-state index in [1.54, 1.807) is 11.3 Å². The van der Waals surface area contributed by atoms with Gasteiger partial charge in [-0.3, -0.25) is 9.59 Å². The zero-order valence-electron chi connectivity index (χ0n) is 13.0. The molecule has 6 heteroatoms. The molecule has 120 valence electrons. The highest BCUT2D eigenvalue weighted by Gasteiger charge is 2.38. The Hall–Kier alpha value is -1.43. The van der Waals surface area contributed by atoms with Gasteiger partial charge in [0.2, 0.25) is 5.91 Å². The summed E-state index contributed by atoms with van der Waals surface area (Å²) >= 11 is 1.69. The first-order chi connectivity index (χ1) is 10.5. The van der Waals surface area contributed by atoms with Gasteiger partial charge in [0.05, 0.1) is 27.5 Å².